The molecule has 6 heteroatoms. The SMILES string of the molecule is Cc1ccc(C(=O)NCCCN2CCN(c3ncccn3)CC2)cc1. The number of piperazine rings is 1. The molecule has 0 saturated carbocycles. The van der Waals surface area contributed by atoms with E-state index in [2.05, 4.69) is 25.1 Å². The number of hydrogen-bond acceptors (Lipinski definition) is 5. The van der Waals surface area contributed by atoms with Crippen molar-refractivity contribution >= 4 is 11.9 Å². The minimum absolute atomic E-state index is 0.00560. The molecular weight excluding hydrogens is 314 g/mol. The van der Waals surface area contributed by atoms with Crippen LogP contribution in [0.5, 0.6) is 0 Å². The van der Waals surface area contributed by atoms with Crippen molar-refractivity contribution in [1.82, 2.24) is 20.2 Å². The molecule has 6 nitrogen and oxygen atoms in total. The second kappa shape index (κ2) is 8.58. The van der Waals surface area contributed by atoms with Gasteiger partial charge in [-0.1, -0.05) is 17.7 Å². The molecule has 1 aliphatic rings. The standard InChI is InChI=1S/C19H25N5O/c1-16-4-6-17(7-5-16)18(25)20-10-3-11-23-12-14-24(15-13-23)19-21-8-2-9-22-19/h2,4-9H,3,10-15H2,1H3,(H,20,25). The van der Waals surface area contributed by atoms with Crippen LogP contribution in [-0.2, 0) is 0 Å². The van der Waals surface area contributed by atoms with E-state index in [4.69, 9.17) is 0 Å². The lowest BCUT2D eigenvalue weighted by Gasteiger charge is -2.34. The maximum absolute atomic E-state index is 12.1. The molecule has 1 saturated heterocycles. The molecule has 0 spiro atoms. The Morgan fingerprint density at radius 3 is 2.44 bits per heavy atom. The maximum atomic E-state index is 12.1. The third kappa shape index (κ3) is 5.00. The number of amides is 1. The van der Waals surface area contributed by atoms with Crippen LogP contribution in [0.15, 0.2) is 42.7 Å². The van der Waals surface area contributed by atoms with Crippen LogP contribution < -0.4 is 10.2 Å². The molecule has 1 aromatic heterocycles. The van der Waals surface area contributed by atoms with Gasteiger partial charge in [-0.2, -0.15) is 0 Å². The van der Waals surface area contributed by atoms with E-state index in [0.29, 0.717) is 6.54 Å². The fourth-order valence-corrected chi connectivity index (χ4v) is 2.94. The molecule has 0 bridgehead atoms. The fourth-order valence-electron chi connectivity index (χ4n) is 2.94. The molecular formula is C19H25N5O. The number of benzene rings is 1. The van der Waals surface area contributed by atoms with Gasteiger partial charge in [0.05, 0.1) is 0 Å². The van der Waals surface area contributed by atoms with E-state index in [-0.39, 0.29) is 5.91 Å². The average molecular weight is 339 g/mol. The van der Waals surface area contributed by atoms with E-state index < -0.39 is 0 Å². The number of nitrogens with zero attached hydrogens (tertiary/aromatic N) is 4. The molecule has 0 atom stereocenters. The molecule has 132 valence electrons. The second-order valence-corrected chi connectivity index (χ2v) is 6.35. The number of hydrogen-bond donors (Lipinski definition) is 1. The van der Waals surface area contributed by atoms with Gasteiger partial charge in [-0.3, -0.25) is 9.69 Å². The Morgan fingerprint density at radius 2 is 1.76 bits per heavy atom. The molecule has 25 heavy (non-hydrogen) atoms. The lowest BCUT2D eigenvalue weighted by atomic mass is 10.1. The summed E-state index contributed by atoms with van der Waals surface area (Å²) in [6.07, 6.45) is 4.52. The first kappa shape index (κ1) is 17.4. The zero-order chi connectivity index (χ0) is 17.5. The summed E-state index contributed by atoms with van der Waals surface area (Å²) in [5, 5.41) is 3.00. The molecule has 1 N–H and O–H groups in total. The molecule has 0 radical (unpaired) electrons. The van der Waals surface area contributed by atoms with Gasteiger partial charge in [0.2, 0.25) is 5.95 Å². The minimum Gasteiger partial charge on any atom is -0.352 e. The largest absolute Gasteiger partial charge is 0.352 e. The van der Waals surface area contributed by atoms with E-state index in [1.807, 2.05) is 37.3 Å². The predicted octanol–water partition coefficient (Wildman–Crippen LogP) is 1.73. The van der Waals surface area contributed by atoms with Gasteiger partial charge in [-0.05, 0) is 38.1 Å². The lowest BCUT2D eigenvalue weighted by Crippen LogP contribution is -2.47. The highest BCUT2D eigenvalue weighted by molar-refractivity contribution is 5.94. The van der Waals surface area contributed by atoms with Crippen molar-refractivity contribution in [1.29, 1.82) is 0 Å². The first-order chi connectivity index (χ1) is 12.2. The fraction of sp³-hybridized carbons (Fsp3) is 0.421. The van der Waals surface area contributed by atoms with Gasteiger partial charge < -0.3 is 10.2 Å². The first-order valence-electron chi connectivity index (χ1n) is 8.81. The molecule has 1 aliphatic heterocycles. The van der Waals surface area contributed by atoms with Gasteiger partial charge in [0.15, 0.2) is 0 Å². The van der Waals surface area contributed by atoms with Gasteiger partial charge in [-0.15, -0.1) is 0 Å². The van der Waals surface area contributed by atoms with Gasteiger partial charge in [0.1, 0.15) is 0 Å². The third-order valence-corrected chi connectivity index (χ3v) is 4.46. The molecule has 3 rings (SSSR count). The number of rotatable bonds is 6. The Morgan fingerprint density at radius 1 is 1.08 bits per heavy atom. The Hall–Kier alpha value is -2.47. The summed E-state index contributed by atoms with van der Waals surface area (Å²) in [4.78, 5) is 25.3. The van der Waals surface area contributed by atoms with Crippen molar-refractivity contribution in [2.75, 3.05) is 44.2 Å². The minimum atomic E-state index is 0.00560. The Kier molecular flexibility index (Phi) is 5.95. The number of nitrogens with one attached hydrogen (secondary N) is 1. The van der Waals surface area contributed by atoms with Gasteiger partial charge in [0, 0.05) is 50.7 Å². The Labute approximate surface area is 148 Å². The topological polar surface area (TPSA) is 61.4 Å². The van der Waals surface area contributed by atoms with Crippen LogP contribution in [0.3, 0.4) is 0 Å². The number of anilines is 1. The van der Waals surface area contributed by atoms with Crippen LogP contribution in [0.4, 0.5) is 5.95 Å². The molecule has 0 unspecified atom stereocenters. The van der Waals surface area contributed by atoms with Crippen LogP contribution in [0.2, 0.25) is 0 Å². The molecule has 2 heterocycles. The third-order valence-electron chi connectivity index (χ3n) is 4.46. The highest BCUT2D eigenvalue weighted by atomic mass is 16.1. The predicted molar refractivity (Wildman–Crippen MR) is 98.8 cm³/mol. The number of carbonyl (C=O) groups is 1. The van der Waals surface area contributed by atoms with E-state index >= 15 is 0 Å². The average Bonchev–Trinajstić information content (AvgIpc) is 2.67. The Balaban J connectivity index is 1.34. The molecule has 1 aromatic carbocycles. The summed E-state index contributed by atoms with van der Waals surface area (Å²) >= 11 is 0. The molecule has 1 fully saturated rings. The summed E-state index contributed by atoms with van der Waals surface area (Å²) < 4.78 is 0. The van der Waals surface area contributed by atoms with Crippen molar-refractivity contribution in [2.24, 2.45) is 0 Å². The van der Waals surface area contributed by atoms with Gasteiger partial charge >= 0.3 is 0 Å². The van der Waals surface area contributed by atoms with Crippen LogP contribution in [0, 0.1) is 6.92 Å². The molecule has 2 aromatic rings. The van der Waals surface area contributed by atoms with E-state index in [9.17, 15) is 4.79 Å². The van der Waals surface area contributed by atoms with Crippen molar-refractivity contribution in [3.05, 3.63) is 53.9 Å². The molecule has 1 amide bonds. The van der Waals surface area contributed by atoms with E-state index in [1.165, 1.54) is 0 Å². The first-order valence-corrected chi connectivity index (χ1v) is 8.81. The lowest BCUT2D eigenvalue weighted by molar-refractivity contribution is 0.0951. The summed E-state index contributed by atoms with van der Waals surface area (Å²) in [5.41, 5.74) is 1.89. The summed E-state index contributed by atoms with van der Waals surface area (Å²) in [7, 11) is 0. The van der Waals surface area contributed by atoms with E-state index in [0.717, 1.165) is 56.2 Å². The summed E-state index contributed by atoms with van der Waals surface area (Å²) in [6.45, 7) is 7.62. The van der Waals surface area contributed by atoms with Gasteiger partial charge in [0.25, 0.3) is 5.91 Å². The van der Waals surface area contributed by atoms with Gasteiger partial charge in [-0.25, -0.2) is 9.97 Å². The van der Waals surface area contributed by atoms with Crippen molar-refractivity contribution in [2.45, 2.75) is 13.3 Å². The second-order valence-electron chi connectivity index (χ2n) is 6.35. The summed E-state index contributed by atoms with van der Waals surface area (Å²) in [5.74, 6) is 0.818. The monoisotopic (exact) mass is 339 g/mol. The van der Waals surface area contributed by atoms with Crippen LogP contribution >= 0.6 is 0 Å². The van der Waals surface area contributed by atoms with Crippen LogP contribution in [0.1, 0.15) is 22.3 Å². The summed E-state index contributed by atoms with van der Waals surface area (Å²) in [6, 6.07) is 9.51. The van der Waals surface area contributed by atoms with Crippen molar-refractivity contribution in [3.63, 3.8) is 0 Å². The van der Waals surface area contributed by atoms with Crippen molar-refractivity contribution < 1.29 is 4.79 Å². The normalized spacial score (nSPS) is 15.2. The number of aryl methyl sites for hydroxylation is 1. The number of carbonyl (C=O) groups excluding carboxylic acids is 1. The quantitative estimate of drug-likeness (QED) is 0.812. The van der Waals surface area contributed by atoms with Crippen LogP contribution in [0.25, 0.3) is 0 Å². The van der Waals surface area contributed by atoms with E-state index in [1.54, 1.807) is 12.4 Å². The van der Waals surface area contributed by atoms with Crippen LogP contribution in [-0.4, -0.2) is 60.0 Å². The molecule has 0 aliphatic carbocycles. The van der Waals surface area contributed by atoms with Crippen molar-refractivity contribution in [3.8, 4) is 0 Å². The smallest absolute Gasteiger partial charge is 0.251 e. The highest BCUT2D eigenvalue weighted by Crippen LogP contribution is 2.09. The zero-order valence-corrected chi connectivity index (χ0v) is 14.7. The highest BCUT2D eigenvalue weighted by Gasteiger charge is 2.18. The number of aromatic nitrogens is 2. The Bertz CT molecular complexity index is 666. The zero-order valence-electron chi connectivity index (χ0n) is 14.7. The maximum Gasteiger partial charge on any atom is 0.251 e.